The molecule has 0 unspecified atom stereocenters. The van der Waals surface area contributed by atoms with Gasteiger partial charge >= 0.3 is 6.03 Å². The number of amides is 4. The molecule has 4 amide bonds. The molecule has 0 aliphatic carbocycles. The maximum Gasteiger partial charge on any atom is 0.321 e. The highest BCUT2D eigenvalue weighted by Gasteiger charge is 2.21. The fourth-order valence-corrected chi connectivity index (χ4v) is 2.42. The summed E-state index contributed by atoms with van der Waals surface area (Å²) in [6.07, 6.45) is 2.90. The summed E-state index contributed by atoms with van der Waals surface area (Å²) in [5.74, 6) is -0.239. The lowest BCUT2D eigenvalue weighted by atomic mass is 10.3. The van der Waals surface area contributed by atoms with Crippen LogP contribution in [0.25, 0.3) is 0 Å². The first-order valence-corrected chi connectivity index (χ1v) is 8.84. The molecule has 0 atom stereocenters. The Morgan fingerprint density at radius 2 is 1.38 bits per heavy atom. The molecule has 0 aromatic carbocycles. The number of rotatable bonds is 9. The number of urea groups is 1. The minimum absolute atomic E-state index is 0.0576. The van der Waals surface area contributed by atoms with Crippen LogP contribution >= 0.6 is 0 Å². The summed E-state index contributed by atoms with van der Waals surface area (Å²) in [4.78, 5) is 39.1. The normalized spacial score (nSPS) is 15.8. The molecule has 1 aliphatic heterocycles. The summed E-state index contributed by atoms with van der Waals surface area (Å²) in [5, 5.41) is 7.84. The first-order chi connectivity index (χ1) is 11.5. The van der Waals surface area contributed by atoms with Crippen molar-refractivity contribution in [3.63, 3.8) is 0 Å². The van der Waals surface area contributed by atoms with E-state index in [1.54, 1.807) is 0 Å². The summed E-state index contributed by atoms with van der Waals surface area (Å²) in [6.45, 7) is 8.86. The molecule has 8 nitrogen and oxygen atoms in total. The highest BCUT2D eigenvalue weighted by molar-refractivity contribution is 5.95. The fourth-order valence-electron chi connectivity index (χ4n) is 2.42. The van der Waals surface area contributed by atoms with Crippen LogP contribution in [0.15, 0.2) is 0 Å². The second-order valence-corrected chi connectivity index (χ2v) is 6.06. The van der Waals surface area contributed by atoms with Crippen molar-refractivity contribution < 1.29 is 14.4 Å². The minimum atomic E-state index is -0.441. The number of carbonyl (C=O) groups excluding carboxylic acids is 3. The van der Waals surface area contributed by atoms with Crippen molar-refractivity contribution in [2.45, 2.75) is 33.1 Å². The maximum absolute atomic E-state index is 11.8. The van der Waals surface area contributed by atoms with Gasteiger partial charge in [-0.25, -0.2) is 4.79 Å². The van der Waals surface area contributed by atoms with Gasteiger partial charge in [-0.1, -0.05) is 20.3 Å². The highest BCUT2D eigenvalue weighted by Crippen LogP contribution is 2.01. The monoisotopic (exact) mass is 341 g/mol. The molecular formula is C16H31N5O3. The Hall–Kier alpha value is -1.67. The topological polar surface area (TPSA) is 93.8 Å². The molecule has 1 aliphatic rings. The Labute approximate surface area is 144 Å². The van der Waals surface area contributed by atoms with Crippen molar-refractivity contribution in [3.05, 3.63) is 0 Å². The second kappa shape index (κ2) is 11.8. The van der Waals surface area contributed by atoms with Gasteiger partial charge in [-0.3, -0.25) is 24.7 Å². The van der Waals surface area contributed by atoms with Crippen LogP contribution in [0.4, 0.5) is 4.79 Å². The van der Waals surface area contributed by atoms with E-state index in [0.29, 0.717) is 26.2 Å². The molecule has 24 heavy (non-hydrogen) atoms. The van der Waals surface area contributed by atoms with E-state index in [0.717, 1.165) is 38.9 Å². The van der Waals surface area contributed by atoms with Crippen molar-refractivity contribution in [1.82, 2.24) is 25.8 Å². The van der Waals surface area contributed by atoms with Gasteiger partial charge in [-0.05, 0) is 12.8 Å². The van der Waals surface area contributed by atoms with E-state index in [9.17, 15) is 14.4 Å². The van der Waals surface area contributed by atoms with Crippen LogP contribution in [0.1, 0.15) is 33.1 Å². The predicted octanol–water partition coefficient (Wildman–Crippen LogP) is -0.244. The second-order valence-electron chi connectivity index (χ2n) is 6.06. The Bertz CT molecular complexity index is 409. The molecule has 3 N–H and O–H groups in total. The molecule has 1 heterocycles. The molecule has 0 spiro atoms. The van der Waals surface area contributed by atoms with Gasteiger partial charge in [0, 0.05) is 39.3 Å². The van der Waals surface area contributed by atoms with Gasteiger partial charge in [-0.15, -0.1) is 0 Å². The molecule has 1 saturated heterocycles. The number of hydrogen-bond acceptors (Lipinski definition) is 5. The molecule has 0 bridgehead atoms. The third kappa shape index (κ3) is 8.83. The average Bonchev–Trinajstić information content (AvgIpc) is 2.55. The van der Waals surface area contributed by atoms with Gasteiger partial charge in [-0.2, -0.15) is 0 Å². The average molecular weight is 341 g/mol. The number of carbonyl (C=O) groups is 3. The Kier molecular flexibility index (Phi) is 10.0. The van der Waals surface area contributed by atoms with Gasteiger partial charge < -0.3 is 10.6 Å². The third-order valence-corrected chi connectivity index (χ3v) is 3.84. The number of nitrogens with one attached hydrogen (secondary N) is 3. The van der Waals surface area contributed by atoms with Gasteiger partial charge in [0.2, 0.25) is 11.8 Å². The minimum Gasteiger partial charge on any atom is -0.355 e. The molecular weight excluding hydrogens is 310 g/mol. The standard InChI is InChI=1S/C16H31N5O3/c1-3-5-7-17-14(22)12-20-8-10-21(11-9-20)13-15(23)19-16(24)18-6-4-2/h3-13H2,1-2H3,(H,17,22)(H2,18,19,23,24). The Morgan fingerprint density at radius 3 is 1.92 bits per heavy atom. The Balaban J connectivity index is 2.17. The largest absolute Gasteiger partial charge is 0.355 e. The molecule has 0 saturated carbocycles. The van der Waals surface area contributed by atoms with Crippen molar-refractivity contribution >= 4 is 17.8 Å². The SMILES string of the molecule is CCCCNC(=O)CN1CCN(CC(=O)NC(=O)NCCC)CC1. The van der Waals surface area contributed by atoms with E-state index in [4.69, 9.17) is 0 Å². The summed E-state index contributed by atoms with van der Waals surface area (Å²) >= 11 is 0. The van der Waals surface area contributed by atoms with Crippen molar-refractivity contribution in [3.8, 4) is 0 Å². The van der Waals surface area contributed by atoms with Gasteiger partial charge in [0.25, 0.3) is 0 Å². The first kappa shape index (κ1) is 20.4. The number of piperazine rings is 1. The molecule has 0 aromatic rings. The zero-order chi connectivity index (χ0) is 17.8. The summed E-state index contributed by atoms with van der Waals surface area (Å²) in [5.41, 5.74) is 0. The number of hydrogen-bond donors (Lipinski definition) is 3. The van der Waals surface area contributed by atoms with E-state index in [2.05, 4.69) is 27.8 Å². The van der Waals surface area contributed by atoms with Crippen molar-refractivity contribution in [2.75, 3.05) is 52.4 Å². The van der Waals surface area contributed by atoms with Crippen LogP contribution in [0.2, 0.25) is 0 Å². The third-order valence-electron chi connectivity index (χ3n) is 3.84. The molecule has 1 fully saturated rings. The fraction of sp³-hybridized carbons (Fsp3) is 0.812. The van der Waals surface area contributed by atoms with Crippen LogP contribution in [0.5, 0.6) is 0 Å². The lowest BCUT2D eigenvalue weighted by molar-refractivity contribution is -0.124. The zero-order valence-electron chi connectivity index (χ0n) is 14.9. The van der Waals surface area contributed by atoms with E-state index in [-0.39, 0.29) is 18.4 Å². The summed E-state index contributed by atoms with van der Waals surface area (Å²) in [7, 11) is 0. The lowest BCUT2D eigenvalue weighted by Crippen LogP contribution is -2.52. The van der Waals surface area contributed by atoms with Crippen LogP contribution in [-0.4, -0.2) is 80.0 Å². The van der Waals surface area contributed by atoms with Gasteiger partial charge in [0.15, 0.2) is 0 Å². The van der Waals surface area contributed by atoms with Crippen LogP contribution in [-0.2, 0) is 9.59 Å². The van der Waals surface area contributed by atoms with Crippen molar-refractivity contribution in [1.29, 1.82) is 0 Å². The number of imide groups is 1. The van der Waals surface area contributed by atoms with Gasteiger partial charge in [0.05, 0.1) is 13.1 Å². The van der Waals surface area contributed by atoms with Gasteiger partial charge in [0.1, 0.15) is 0 Å². The summed E-state index contributed by atoms with van der Waals surface area (Å²) < 4.78 is 0. The molecule has 1 rings (SSSR count). The molecule has 0 radical (unpaired) electrons. The van der Waals surface area contributed by atoms with Crippen LogP contribution in [0, 0.1) is 0 Å². The van der Waals surface area contributed by atoms with Crippen molar-refractivity contribution in [2.24, 2.45) is 0 Å². The number of unbranched alkanes of at least 4 members (excludes halogenated alkanes) is 1. The molecule has 138 valence electrons. The van der Waals surface area contributed by atoms with E-state index in [1.165, 1.54) is 0 Å². The number of nitrogens with zero attached hydrogens (tertiary/aromatic N) is 2. The first-order valence-electron chi connectivity index (χ1n) is 8.84. The lowest BCUT2D eigenvalue weighted by Gasteiger charge is -2.33. The summed E-state index contributed by atoms with van der Waals surface area (Å²) in [6, 6.07) is -0.441. The Morgan fingerprint density at radius 1 is 0.792 bits per heavy atom. The quantitative estimate of drug-likeness (QED) is 0.503. The highest BCUT2D eigenvalue weighted by atomic mass is 16.2. The maximum atomic E-state index is 11.8. The van der Waals surface area contributed by atoms with Crippen LogP contribution in [0.3, 0.4) is 0 Å². The smallest absolute Gasteiger partial charge is 0.321 e. The molecule has 8 heteroatoms. The molecule has 0 aromatic heterocycles. The predicted molar refractivity (Wildman–Crippen MR) is 92.6 cm³/mol. The zero-order valence-corrected chi connectivity index (χ0v) is 14.9. The van der Waals surface area contributed by atoms with E-state index >= 15 is 0 Å². The van der Waals surface area contributed by atoms with E-state index in [1.807, 2.05) is 11.8 Å². The van der Waals surface area contributed by atoms with E-state index < -0.39 is 6.03 Å². The van der Waals surface area contributed by atoms with Crippen LogP contribution < -0.4 is 16.0 Å².